The van der Waals surface area contributed by atoms with Gasteiger partial charge in [0.15, 0.2) is 0 Å². The van der Waals surface area contributed by atoms with E-state index in [1.165, 1.54) is 0 Å². The molecule has 1 aromatic carbocycles. The molecule has 0 bridgehead atoms. The summed E-state index contributed by atoms with van der Waals surface area (Å²) in [6, 6.07) is 11.1. The van der Waals surface area contributed by atoms with Gasteiger partial charge >= 0.3 is 0 Å². The van der Waals surface area contributed by atoms with Crippen LogP contribution in [0.5, 0.6) is 0 Å². The number of nitrogens with two attached hydrogens (primary N) is 1. The Hall–Kier alpha value is -1.65. The first-order chi connectivity index (χ1) is 8.56. The molecule has 0 saturated heterocycles. The van der Waals surface area contributed by atoms with Crippen molar-refractivity contribution >= 4 is 40.3 Å². The lowest BCUT2D eigenvalue weighted by Crippen LogP contribution is -2.13. The summed E-state index contributed by atoms with van der Waals surface area (Å²) in [6.07, 6.45) is 0. The maximum Gasteiger partial charge on any atom is 0.140 e. The van der Waals surface area contributed by atoms with Crippen molar-refractivity contribution in [2.24, 2.45) is 5.73 Å². The Balaban J connectivity index is 2.39. The molecule has 0 amide bonds. The summed E-state index contributed by atoms with van der Waals surface area (Å²) in [6.45, 7) is 1.91. The van der Waals surface area contributed by atoms with Gasteiger partial charge in [0.1, 0.15) is 10.8 Å². The lowest BCUT2D eigenvalue weighted by atomic mass is 10.2. The van der Waals surface area contributed by atoms with Crippen molar-refractivity contribution in [3.63, 3.8) is 0 Å². The second-order valence-electron chi connectivity index (χ2n) is 3.85. The third-order valence-corrected chi connectivity index (χ3v) is 2.84. The van der Waals surface area contributed by atoms with Crippen LogP contribution in [0.15, 0.2) is 36.4 Å². The number of thiocarbonyl (C=S) groups is 1. The molecule has 2 rings (SSSR count). The molecule has 0 saturated carbocycles. The molecule has 1 heterocycles. The summed E-state index contributed by atoms with van der Waals surface area (Å²) in [5.41, 5.74) is 8.13. The van der Waals surface area contributed by atoms with Crippen LogP contribution >= 0.6 is 23.8 Å². The average molecular weight is 278 g/mol. The van der Waals surface area contributed by atoms with E-state index in [1.54, 1.807) is 0 Å². The summed E-state index contributed by atoms with van der Waals surface area (Å²) in [4.78, 5) is 4.71. The van der Waals surface area contributed by atoms with E-state index in [4.69, 9.17) is 29.6 Å². The molecule has 0 radical (unpaired) electrons. The lowest BCUT2D eigenvalue weighted by molar-refractivity contribution is 1.19. The van der Waals surface area contributed by atoms with Crippen LogP contribution in [0.1, 0.15) is 11.3 Å². The number of nitrogens with one attached hydrogen (secondary N) is 1. The van der Waals surface area contributed by atoms with Gasteiger partial charge in [-0.15, -0.1) is 0 Å². The zero-order chi connectivity index (χ0) is 13.1. The minimum Gasteiger partial charge on any atom is -0.389 e. The Morgan fingerprint density at radius 3 is 2.78 bits per heavy atom. The Labute approximate surface area is 116 Å². The highest BCUT2D eigenvalue weighted by atomic mass is 35.5. The van der Waals surface area contributed by atoms with Crippen molar-refractivity contribution in [3.05, 3.63) is 52.7 Å². The van der Waals surface area contributed by atoms with Crippen LogP contribution in [0.25, 0.3) is 0 Å². The van der Waals surface area contributed by atoms with E-state index in [0.717, 1.165) is 16.9 Å². The van der Waals surface area contributed by atoms with Gasteiger partial charge in [-0.1, -0.05) is 29.9 Å². The van der Waals surface area contributed by atoms with Gasteiger partial charge in [-0.05, 0) is 37.3 Å². The van der Waals surface area contributed by atoms with E-state index < -0.39 is 0 Å². The van der Waals surface area contributed by atoms with E-state index in [0.29, 0.717) is 15.8 Å². The lowest BCUT2D eigenvalue weighted by Gasteiger charge is -2.11. The Morgan fingerprint density at radius 1 is 1.33 bits per heavy atom. The number of benzene rings is 1. The van der Waals surface area contributed by atoms with Crippen LogP contribution in [0.3, 0.4) is 0 Å². The van der Waals surface area contributed by atoms with Gasteiger partial charge in [0.25, 0.3) is 0 Å². The largest absolute Gasteiger partial charge is 0.389 e. The molecule has 18 heavy (non-hydrogen) atoms. The van der Waals surface area contributed by atoms with E-state index in [1.807, 2.05) is 43.3 Å². The van der Waals surface area contributed by atoms with Crippen LogP contribution in [-0.4, -0.2) is 9.97 Å². The second kappa shape index (κ2) is 5.33. The molecule has 2 aromatic rings. The summed E-state index contributed by atoms with van der Waals surface area (Å²) >= 11 is 10.9. The first-order valence-corrected chi connectivity index (χ1v) is 6.15. The van der Waals surface area contributed by atoms with Crippen molar-refractivity contribution < 1.29 is 0 Å². The van der Waals surface area contributed by atoms with Crippen LogP contribution < -0.4 is 11.1 Å². The summed E-state index contributed by atoms with van der Waals surface area (Å²) in [5, 5.41) is 3.83. The van der Waals surface area contributed by atoms with E-state index in [-0.39, 0.29) is 0 Å². The number of pyridine rings is 1. The third-order valence-electron chi connectivity index (χ3n) is 2.39. The predicted molar refractivity (Wildman–Crippen MR) is 79.6 cm³/mol. The van der Waals surface area contributed by atoms with Gasteiger partial charge in [0, 0.05) is 16.4 Å². The standard InChI is InChI=1S/C13H12ClN3S/c1-8-5-6-11(12(15)18)13(16-8)17-10-4-2-3-9(14)7-10/h2-7H,1H3,(H2,15,18)(H,16,17). The zero-order valence-electron chi connectivity index (χ0n) is 9.77. The quantitative estimate of drug-likeness (QED) is 0.844. The van der Waals surface area contributed by atoms with Gasteiger partial charge in [-0.3, -0.25) is 0 Å². The summed E-state index contributed by atoms with van der Waals surface area (Å²) in [5.74, 6) is 0.643. The molecule has 3 N–H and O–H groups in total. The van der Waals surface area contributed by atoms with E-state index >= 15 is 0 Å². The molecule has 0 atom stereocenters. The van der Waals surface area contributed by atoms with Crippen molar-refractivity contribution in [1.29, 1.82) is 0 Å². The molecule has 0 fully saturated rings. The van der Waals surface area contributed by atoms with Crippen LogP contribution in [0, 0.1) is 6.92 Å². The zero-order valence-corrected chi connectivity index (χ0v) is 11.3. The third kappa shape index (κ3) is 2.97. The SMILES string of the molecule is Cc1ccc(C(N)=S)c(Nc2cccc(Cl)c2)n1. The Morgan fingerprint density at radius 2 is 2.11 bits per heavy atom. The predicted octanol–water partition coefficient (Wildman–Crippen LogP) is 3.42. The maximum absolute atomic E-state index is 5.93. The molecule has 1 aromatic heterocycles. The van der Waals surface area contributed by atoms with Gasteiger partial charge in [0.2, 0.25) is 0 Å². The van der Waals surface area contributed by atoms with E-state index in [2.05, 4.69) is 10.3 Å². The van der Waals surface area contributed by atoms with Crippen molar-refractivity contribution in [2.45, 2.75) is 6.92 Å². The molecular formula is C13H12ClN3S. The highest BCUT2D eigenvalue weighted by Crippen LogP contribution is 2.21. The molecule has 0 aliphatic rings. The topological polar surface area (TPSA) is 50.9 Å². The molecule has 3 nitrogen and oxygen atoms in total. The average Bonchev–Trinajstić information content (AvgIpc) is 2.28. The number of aromatic nitrogens is 1. The number of halogens is 1. The van der Waals surface area contributed by atoms with Gasteiger partial charge in [0.05, 0.1) is 5.56 Å². The fourth-order valence-corrected chi connectivity index (χ4v) is 1.91. The van der Waals surface area contributed by atoms with Crippen molar-refractivity contribution in [1.82, 2.24) is 4.98 Å². The van der Waals surface area contributed by atoms with Crippen LogP contribution in [0.2, 0.25) is 5.02 Å². The number of aryl methyl sites for hydroxylation is 1. The highest BCUT2D eigenvalue weighted by molar-refractivity contribution is 7.80. The fraction of sp³-hybridized carbons (Fsp3) is 0.0769. The molecule has 92 valence electrons. The molecule has 5 heteroatoms. The van der Waals surface area contributed by atoms with Gasteiger partial charge < -0.3 is 11.1 Å². The summed E-state index contributed by atoms with van der Waals surface area (Å²) < 4.78 is 0. The monoisotopic (exact) mass is 277 g/mol. The van der Waals surface area contributed by atoms with Gasteiger partial charge in [-0.2, -0.15) is 0 Å². The maximum atomic E-state index is 5.93. The van der Waals surface area contributed by atoms with Crippen LogP contribution in [-0.2, 0) is 0 Å². The van der Waals surface area contributed by atoms with Crippen LogP contribution in [0.4, 0.5) is 11.5 Å². The molecule has 0 aliphatic heterocycles. The first kappa shape index (κ1) is 12.8. The molecule has 0 spiro atoms. The summed E-state index contributed by atoms with van der Waals surface area (Å²) in [7, 11) is 0. The number of hydrogen-bond donors (Lipinski definition) is 2. The normalized spacial score (nSPS) is 10.1. The van der Waals surface area contributed by atoms with Crippen molar-refractivity contribution in [2.75, 3.05) is 5.32 Å². The highest BCUT2D eigenvalue weighted by Gasteiger charge is 2.07. The van der Waals surface area contributed by atoms with Crippen molar-refractivity contribution in [3.8, 4) is 0 Å². The van der Waals surface area contributed by atoms with Gasteiger partial charge in [-0.25, -0.2) is 4.98 Å². The first-order valence-electron chi connectivity index (χ1n) is 5.36. The Kier molecular flexibility index (Phi) is 3.79. The molecule has 0 aliphatic carbocycles. The second-order valence-corrected chi connectivity index (χ2v) is 4.72. The number of anilines is 2. The molecular weight excluding hydrogens is 266 g/mol. The fourth-order valence-electron chi connectivity index (χ4n) is 1.55. The minimum absolute atomic E-state index is 0.312. The number of hydrogen-bond acceptors (Lipinski definition) is 3. The minimum atomic E-state index is 0.312. The Bertz CT molecular complexity index is 599. The number of rotatable bonds is 3. The smallest absolute Gasteiger partial charge is 0.140 e. The number of nitrogens with zero attached hydrogens (tertiary/aromatic N) is 1. The van der Waals surface area contributed by atoms with E-state index in [9.17, 15) is 0 Å². The molecule has 0 unspecified atom stereocenters.